The second-order valence-electron chi connectivity index (χ2n) is 7.95. The third kappa shape index (κ3) is 4.25. The quantitative estimate of drug-likeness (QED) is 0.542. The number of aryl methyl sites for hydroxylation is 1. The molecule has 1 heterocycles. The first kappa shape index (κ1) is 23.8. The summed E-state index contributed by atoms with van der Waals surface area (Å²) in [4.78, 5) is 6.19. The number of phenolic OH excluding ortho intramolecular Hbond substituents is 1. The third-order valence-electron chi connectivity index (χ3n) is 5.94. The van der Waals surface area contributed by atoms with E-state index < -0.39 is 10.8 Å². The lowest BCUT2D eigenvalue weighted by Crippen LogP contribution is -2.33. The third-order valence-corrected chi connectivity index (χ3v) is 7.41. The van der Waals surface area contributed by atoms with Crippen molar-refractivity contribution in [2.45, 2.75) is 37.6 Å². The fourth-order valence-electron chi connectivity index (χ4n) is 4.07. The largest absolute Gasteiger partial charge is 0.504 e. The van der Waals surface area contributed by atoms with Gasteiger partial charge in [-0.1, -0.05) is 37.8 Å². The summed E-state index contributed by atoms with van der Waals surface area (Å²) in [6.07, 6.45) is 0. The van der Waals surface area contributed by atoms with Crippen molar-refractivity contribution >= 4 is 22.2 Å². The number of likely N-dealkylation sites (N-methyl/N-ethyl adjacent to an activating group) is 1. The van der Waals surface area contributed by atoms with Crippen LogP contribution in [0.25, 0.3) is 0 Å². The molecule has 0 radical (unpaired) electrons. The number of para-hydroxylation sites is 2. The minimum Gasteiger partial charge on any atom is -0.504 e. The summed E-state index contributed by atoms with van der Waals surface area (Å²) in [6, 6.07) is 17.5. The number of benzene rings is 3. The molecule has 1 aliphatic rings. The topological polar surface area (TPSA) is 53.0 Å². The maximum absolute atomic E-state index is 13.2. The summed E-state index contributed by atoms with van der Waals surface area (Å²) < 4.78 is 18.5. The summed E-state index contributed by atoms with van der Waals surface area (Å²) in [5, 5.41) is 10.4. The Morgan fingerprint density at radius 1 is 1.03 bits per heavy atom. The van der Waals surface area contributed by atoms with Crippen LogP contribution in [0.5, 0.6) is 11.5 Å². The highest BCUT2D eigenvalue weighted by Gasteiger charge is 2.29. The molecule has 0 spiro atoms. The Morgan fingerprint density at radius 2 is 1.78 bits per heavy atom. The van der Waals surface area contributed by atoms with Gasteiger partial charge in [-0.15, -0.1) is 0 Å². The van der Waals surface area contributed by atoms with Crippen molar-refractivity contribution in [3.63, 3.8) is 0 Å². The summed E-state index contributed by atoms with van der Waals surface area (Å²) in [5.41, 5.74) is 5.23. The van der Waals surface area contributed by atoms with Crippen LogP contribution in [0.15, 0.2) is 64.4 Å². The second kappa shape index (κ2) is 9.76. The molecule has 0 saturated carbocycles. The van der Waals surface area contributed by atoms with Crippen molar-refractivity contribution in [1.29, 1.82) is 0 Å². The molecule has 0 bridgehead atoms. The van der Waals surface area contributed by atoms with Crippen LogP contribution in [-0.4, -0.2) is 41.5 Å². The van der Waals surface area contributed by atoms with Gasteiger partial charge in [-0.05, 0) is 56.3 Å². The molecule has 170 valence electrons. The van der Waals surface area contributed by atoms with Crippen molar-refractivity contribution in [1.82, 2.24) is 4.90 Å². The van der Waals surface area contributed by atoms with Crippen molar-refractivity contribution < 1.29 is 14.1 Å². The molecule has 1 atom stereocenters. The molecule has 1 unspecified atom stereocenters. The smallest absolute Gasteiger partial charge is 0.162 e. The molecule has 32 heavy (non-hydrogen) atoms. The first-order valence-electron chi connectivity index (χ1n) is 10.3. The van der Waals surface area contributed by atoms with Gasteiger partial charge in [-0.3, -0.25) is 0 Å². The Kier molecular flexibility index (Phi) is 7.26. The summed E-state index contributed by atoms with van der Waals surface area (Å²) >= 11 is 0. The molecule has 0 aromatic heterocycles. The molecule has 0 aliphatic carbocycles. The van der Waals surface area contributed by atoms with E-state index in [2.05, 4.69) is 29.7 Å². The summed E-state index contributed by atoms with van der Waals surface area (Å²) in [5.74, 6) is 0.672. The van der Waals surface area contributed by atoms with Gasteiger partial charge in [-0.25, -0.2) is 4.21 Å². The number of phenols is 1. The zero-order chi connectivity index (χ0) is 22.1. The first-order valence-corrected chi connectivity index (χ1v) is 11.5. The second-order valence-corrected chi connectivity index (χ2v) is 9.37. The van der Waals surface area contributed by atoms with E-state index in [0.29, 0.717) is 12.3 Å². The van der Waals surface area contributed by atoms with E-state index in [-0.39, 0.29) is 13.2 Å². The minimum atomic E-state index is -1.18. The predicted molar refractivity (Wildman–Crippen MR) is 132 cm³/mol. The van der Waals surface area contributed by atoms with Gasteiger partial charge >= 0.3 is 0 Å². The molecule has 0 fully saturated rings. The highest BCUT2D eigenvalue weighted by atomic mass is 32.2. The van der Waals surface area contributed by atoms with Gasteiger partial charge in [-0.2, -0.15) is 0 Å². The van der Waals surface area contributed by atoms with E-state index in [9.17, 15) is 9.32 Å². The number of rotatable bonds is 6. The average molecular weight is 453 g/mol. The van der Waals surface area contributed by atoms with Crippen molar-refractivity contribution in [3.05, 3.63) is 71.3 Å². The maximum atomic E-state index is 13.2. The number of fused-ring (bicyclic) bond motifs is 2. The van der Waals surface area contributed by atoms with Crippen LogP contribution in [0.1, 0.15) is 24.1 Å². The van der Waals surface area contributed by atoms with Crippen LogP contribution in [0.2, 0.25) is 0 Å². The summed E-state index contributed by atoms with van der Waals surface area (Å²) in [6.45, 7) is 6.31. The van der Waals surface area contributed by atoms with Gasteiger partial charge in [0.25, 0.3) is 0 Å². The molecule has 3 aromatic carbocycles. The molecule has 4 rings (SSSR count). The van der Waals surface area contributed by atoms with Gasteiger partial charge in [0.15, 0.2) is 11.5 Å². The molecule has 0 saturated heterocycles. The van der Waals surface area contributed by atoms with Gasteiger partial charge in [0.2, 0.25) is 0 Å². The Hall–Kier alpha value is -2.83. The fourth-order valence-corrected chi connectivity index (χ4v) is 5.51. The van der Waals surface area contributed by atoms with Gasteiger partial charge in [0.05, 0.1) is 39.1 Å². The van der Waals surface area contributed by atoms with E-state index in [1.165, 1.54) is 5.56 Å². The van der Waals surface area contributed by atoms with Gasteiger partial charge < -0.3 is 19.6 Å². The van der Waals surface area contributed by atoms with Gasteiger partial charge in [0.1, 0.15) is 0 Å². The number of methoxy groups -OCH3 is 1. The normalized spacial score (nSPS) is 14.5. The molecular formula is C26H32N2O3S. The number of ether oxygens (including phenoxy) is 1. The molecule has 5 nitrogen and oxygen atoms in total. The Bertz CT molecular complexity index is 1150. The van der Waals surface area contributed by atoms with Crippen LogP contribution < -0.4 is 9.64 Å². The zero-order valence-corrected chi connectivity index (χ0v) is 19.2. The number of aromatic hydroxyl groups is 1. The standard InChI is InChI=1S/C25H28N2O3S.CH4/c1-17-12-13-23-24(18(17)2)27(20-9-5-6-11-22(20)31(23)29)15-14-26(3)16-19-8-7-10-21(30-4)25(19)28;/h5-13,28H,14-16H2,1-4H3;1H4. The van der Waals surface area contributed by atoms with Crippen molar-refractivity contribution in [2.75, 3.05) is 32.1 Å². The highest BCUT2D eigenvalue weighted by Crippen LogP contribution is 2.44. The maximum Gasteiger partial charge on any atom is 0.162 e. The first-order chi connectivity index (χ1) is 14.9. The number of hydrogen-bond acceptors (Lipinski definition) is 5. The molecule has 0 amide bonds. The Labute approximate surface area is 193 Å². The molecular weight excluding hydrogens is 420 g/mol. The molecule has 1 N–H and O–H groups in total. The van der Waals surface area contributed by atoms with Gasteiger partial charge in [0, 0.05) is 25.2 Å². The molecule has 3 aromatic rings. The Morgan fingerprint density at radius 3 is 2.53 bits per heavy atom. The molecule has 1 aliphatic heterocycles. The van der Waals surface area contributed by atoms with Crippen LogP contribution in [0.3, 0.4) is 0 Å². The summed E-state index contributed by atoms with van der Waals surface area (Å²) in [7, 11) is 2.41. The fraction of sp³-hybridized carbons (Fsp3) is 0.308. The lowest BCUT2D eigenvalue weighted by molar-refractivity contribution is 0.321. The zero-order valence-electron chi connectivity index (χ0n) is 18.4. The lowest BCUT2D eigenvalue weighted by Gasteiger charge is -2.35. The van der Waals surface area contributed by atoms with Crippen LogP contribution in [0, 0.1) is 13.8 Å². The number of anilines is 2. The number of nitrogens with zero attached hydrogens (tertiary/aromatic N) is 2. The van der Waals surface area contributed by atoms with E-state index >= 15 is 0 Å². The minimum absolute atomic E-state index is 0. The molecule has 6 heteroatoms. The monoisotopic (exact) mass is 452 g/mol. The van der Waals surface area contributed by atoms with E-state index in [1.54, 1.807) is 13.2 Å². The van der Waals surface area contributed by atoms with E-state index in [0.717, 1.165) is 45.4 Å². The lowest BCUT2D eigenvalue weighted by atomic mass is 10.1. The van der Waals surface area contributed by atoms with Crippen LogP contribution in [0.4, 0.5) is 11.4 Å². The highest BCUT2D eigenvalue weighted by molar-refractivity contribution is 7.85. The van der Waals surface area contributed by atoms with Crippen molar-refractivity contribution in [3.8, 4) is 11.5 Å². The Balaban J connectivity index is 0.00000289. The van der Waals surface area contributed by atoms with Crippen LogP contribution >= 0.6 is 0 Å². The van der Waals surface area contributed by atoms with E-state index in [1.807, 2.05) is 49.5 Å². The average Bonchev–Trinajstić information content (AvgIpc) is 2.77. The van der Waals surface area contributed by atoms with Crippen molar-refractivity contribution in [2.24, 2.45) is 0 Å². The number of hydrogen-bond donors (Lipinski definition) is 1. The SMILES string of the molecule is C.COc1cccc(CN(C)CCN2c3ccccc3S(=O)c3ccc(C)c(C)c32)c1O. The van der Waals surface area contributed by atoms with E-state index in [4.69, 9.17) is 4.74 Å². The van der Waals surface area contributed by atoms with Crippen LogP contribution in [-0.2, 0) is 17.3 Å². The predicted octanol–water partition coefficient (Wildman–Crippen LogP) is 5.40.